The molecule has 0 radical (unpaired) electrons. The van der Waals surface area contributed by atoms with Crippen LogP contribution in [0.1, 0.15) is 13.8 Å². The van der Waals surface area contributed by atoms with Crippen molar-refractivity contribution in [1.82, 2.24) is 10.3 Å². The zero-order valence-electron chi connectivity index (χ0n) is 8.25. The molecule has 0 atom stereocenters. The van der Waals surface area contributed by atoms with Crippen molar-refractivity contribution in [3.8, 4) is 0 Å². The van der Waals surface area contributed by atoms with Crippen LogP contribution in [0.15, 0.2) is 24.5 Å². The van der Waals surface area contributed by atoms with Crippen LogP contribution in [0.4, 0.5) is 5.69 Å². The molecule has 3 nitrogen and oxygen atoms in total. The Hall–Kier alpha value is -1.09. The van der Waals surface area contributed by atoms with E-state index in [1.54, 1.807) is 12.4 Å². The van der Waals surface area contributed by atoms with Crippen molar-refractivity contribution in [2.75, 3.05) is 18.4 Å². The lowest BCUT2D eigenvalue weighted by molar-refractivity contribution is 0.472. The SMILES string of the molecule is CC.c1cc(NC2CNC2)ccn1. The Kier molecular flexibility index (Phi) is 4.26. The van der Waals surface area contributed by atoms with E-state index in [1.165, 1.54) is 0 Å². The molecule has 0 saturated carbocycles. The van der Waals surface area contributed by atoms with Crippen molar-refractivity contribution in [3.05, 3.63) is 24.5 Å². The van der Waals surface area contributed by atoms with Gasteiger partial charge in [-0.25, -0.2) is 0 Å². The van der Waals surface area contributed by atoms with Crippen molar-refractivity contribution in [3.63, 3.8) is 0 Å². The molecule has 1 aromatic rings. The fourth-order valence-electron chi connectivity index (χ4n) is 1.07. The van der Waals surface area contributed by atoms with E-state index in [0.717, 1.165) is 18.8 Å². The summed E-state index contributed by atoms with van der Waals surface area (Å²) in [5, 5.41) is 6.58. The highest BCUT2D eigenvalue weighted by Gasteiger charge is 2.15. The Bertz CT molecular complexity index is 219. The third-order valence-corrected chi connectivity index (χ3v) is 1.83. The lowest BCUT2D eigenvalue weighted by Gasteiger charge is -2.28. The van der Waals surface area contributed by atoms with Crippen LogP contribution in [0, 0.1) is 0 Å². The molecular formula is C10H17N3. The molecule has 2 N–H and O–H groups in total. The first-order valence-corrected chi connectivity index (χ1v) is 4.82. The fraction of sp³-hybridized carbons (Fsp3) is 0.500. The minimum absolute atomic E-state index is 0.609. The second kappa shape index (κ2) is 5.54. The van der Waals surface area contributed by atoms with Gasteiger partial charge in [-0.05, 0) is 12.1 Å². The predicted octanol–water partition coefficient (Wildman–Crippen LogP) is 1.49. The Morgan fingerprint density at radius 1 is 1.31 bits per heavy atom. The zero-order chi connectivity index (χ0) is 9.52. The summed E-state index contributed by atoms with van der Waals surface area (Å²) in [6.45, 7) is 6.14. The third-order valence-electron chi connectivity index (χ3n) is 1.83. The maximum Gasteiger partial charge on any atom is 0.0510 e. The number of pyridine rings is 1. The molecule has 1 fully saturated rings. The molecular weight excluding hydrogens is 162 g/mol. The largest absolute Gasteiger partial charge is 0.380 e. The van der Waals surface area contributed by atoms with Crippen molar-refractivity contribution < 1.29 is 0 Å². The summed E-state index contributed by atoms with van der Waals surface area (Å²) in [4.78, 5) is 3.94. The smallest absolute Gasteiger partial charge is 0.0510 e. The van der Waals surface area contributed by atoms with Crippen molar-refractivity contribution in [2.45, 2.75) is 19.9 Å². The van der Waals surface area contributed by atoms with Gasteiger partial charge >= 0.3 is 0 Å². The minimum Gasteiger partial charge on any atom is -0.380 e. The number of rotatable bonds is 2. The molecule has 0 unspecified atom stereocenters. The summed E-state index contributed by atoms with van der Waals surface area (Å²) in [5.74, 6) is 0. The Morgan fingerprint density at radius 3 is 2.38 bits per heavy atom. The minimum atomic E-state index is 0.609. The molecule has 2 rings (SSSR count). The summed E-state index contributed by atoms with van der Waals surface area (Å²) in [5.41, 5.74) is 1.16. The number of anilines is 1. The first kappa shape index (κ1) is 9.99. The van der Waals surface area contributed by atoms with Gasteiger partial charge in [-0.15, -0.1) is 0 Å². The highest BCUT2D eigenvalue weighted by molar-refractivity contribution is 5.42. The monoisotopic (exact) mass is 179 g/mol. The van der Waals surface area contributed by atoms with E-state index in [9.17, 15) is 0 Å². The normalized spacial score (nSPS) is 15.2. The molecule has 1 aliphatic rings. The number of aromatic nitrogens is 1. The van der Waals surface area contributed by atoms with Gasteiger partial charge in [0, 0.05) is 31.2 Å². The highest BCUT2D eigenvalue weighted by atomic mass is 15.1. The Morgan fingerprint density at radius 2 is 1.92 bits per heavy atom. The standard InChI is InChI=1S/C8H11N3.C2H6/c1-3-9-4-2-7(1)11-8-5-10-6-8;1-2/h1-4,8,10H,5-6H2,(H,9,11);1-2H3. The second-order valence-electron chi connectivity index (χ2n) is 2.74. The van der Waals surface area contributed by atoms with Crippen LogP contribution in [0.25, 0.3) is 0 Å². The van der Waals surface area contributed by atoms with Crippen molar-refractivity contribution in [1.29, 1.82) is 0 Å². The van der Waals surface area contributed by atoms with E-state index in [4.69, 9.17) is 0 Å². The van der Waals surface area contributed by atoms with Crippen molar-refractivity contribution >= 4 is 5.69 Å². The summed E-state index contributed by atoms with van der Waals surface area (Å²) in [6, 6.07) is 4.58. The molecule has 0 bridgehead atoms. The molecule has 1 saturated heterocycles. The van der Waals surface area contributed by atoms with E-state index >= 15 is 0 Å². The van der Waals surface area contributed by atoms with Gasteiger partial charge in [0.25, 0.3) is 0 Å². The highest BCUT2D eigenvalue weighted by Crippen LogP contribution is 2.07. The molecule has 1 aromatic heterocycles. The van der Waals surface area contributed by atoms with E-state index in [2.05, 4.69) is 15.6 Å². The summed E-state index contributed by atoms with van der Waals surface area (Å²) in [6.07, 6.45) is 3.60. The molecule has 1 aliphatic heterocycles. The quantitative estimate of drug-likeness (QED) is 0.722. The number of nitrogens with one attached hydrogen (secondary N) is 2. The van der Waals surface area contributed by atoms with Crippen LogP contribution in [0.3, 0.4) is 0 Å². The second-order valence-corrected chi connectivity index (χ2v) is 2.74. The van der Waals surface area contributed by atoms with Crippen LogP contribution in [0.2, 0.25) is 0 Å². The average molecular weight is 179 g/mol. The van der Waals surface area contributed by atoms with Gasteiger partial charge in [0.1, 0.15) is 0 Å². The average Bonchev–Trinajstić information content (AvgIpc) is 2.17. The molecule has 3 heteroatoms. The predicted molar refractivity (Wildman–Crippen MR) is 55.9 cm³/mol. The van der Waals surface area contributed by atoms with Gasteiger partial charge in [0.15, 0.2) is 0 Å². The molecule has 72 valence electrons. The maximum absolute atomic E-state index is 3.94. The van der Waals surface area contributed by atoms with E-state index in [-0.39, 0.29) is 0 Å². The molecule has 2 heterocycles. The van der Waals surface area contributed by atoms with Gasteiger partial charge in [0.05, 0.1) is 6.04 Å². The zero-order valence-corrected chi connectivity index (χ0v) is 8.25. The fourth-order valence-corrected chi connectivity index (χ4v) is 1.07. The van der Waals surface area contributed by atoms with Crippen molar-refractivity contribution in [2.24, 2.45) is 0 Å². The van der Waals surface area contributed by atoms with E-state index in [1.807, 2.05) is 26.0 Å². The summed E-state index contributed by atoms with van der Waals surface area (Å²) < 4.78 is 0. The third kappa shape index (κ3) is 3.03. The maximum atomic E-state index is 3.94. The first-order chi connectivity index (χ1) is 6.45. The summed E-state index contributed by atoms with van der Waals surface area (Å²) >= 11 is 0. The van der Waals surface area contributed by atoms with Gasteiger partial charge < -0.3 is 10.6 Å². The lowest BCUT2D eigenvalue weighted by atomic mass is 10.2. The summed E-state index contributed by atoms with van der Waals surface area (Å²) in [7, 11) is 0. The first-order valence-electron chi connectivity index (χ1n) is 4.82. The number of hydrogen-bond donors (Lipinski definition) is 2. The van der Waals surface area contributed by atoms with Gasteiger partial charge in [0.2, 0.25) is 0 Å². The molecule has 13 heavy (non-hydrogen) atoms. The molecule has 0 amide bonds. The van der Waals surface area contributed by atoms with Crippen LogP contribution in [0.5, 0.6) is 0 Å². The van der Waals surface area contributed by atoms with Gasteiger partial charge in [-0.2, -0.15) is 0 Å². The number of nitrogens with zero attached hydrogens (tertiary/aromatic N) is 1. The van der Waals surface area contributed by atoms with E-state index in [0.29, 0.717) is 6.04 Å². The Balaban J connectivity index is 0.000000396. The van der Waals surface area contributed by atoms with Crippen LogP contribution < -0.4 is 10.6 Å². The topological polar surface area (TPSA) is 37.0 Å². The van der Waals surface area contributed by atoms with Gasteiger partial charge in [-0.3, -0.25) is 4.98 Å². The van der Waals surface area contributed by atoms with E-state index < -0.39 is 0 Å². The van der Waals surface area contributed by atoms with Crippen LogP contribution in [-0.2, 0) is 0 Å². The van der Waals surface area contributed by atoms with Crippen LogP contribution >= 0.6 is 0 Å². The molecule has 0 spiro atoms. The van der Waals surface area contributed by atoms with Crippen LogP contribution in [-0.4, -0.2) is 24.1 Å². The number of hydrogen-bond acceptors (Lipinski definition) is 3. The Labute approximate surface area is 79.6 Å². The van der Waals surface area contributed by atoms with Gasteiger partial charge in [-0.1, -0.05) is 13.8 Å². The molecule has 0 aromatic carbocycles. The molecule has 0 aliphatic carbocycles. The lowest BCUT2D eigenvalue weighted by Crippen LogP contribution is -2.51.